The van der Waals surface area contributed by atoms with Crippen LogP contribution in [0, 0.1) is 12.7 Å². The van der Waals surface area contributed by atoms with E-state index in [1.807, 2.05) is 6.92 Å². The van der Waals surface area contributed by atoms with E-state index in [1.165, 1.54) is 6.07 Å². The predicted octanol–water partition coefficient (Wildman–Crippen LogP) is 2.58. The van der Waals surface area contributed by atoms with Gasteiger partial charge in [-0.25, -0.2) is 4.39 Å². The number of benzene rings is 1. The number of halogens is 1. The van der Waals surface area contributed by atoms with Gasteiger partial charge in [0.2, 0.25) is 0 Å². The topological polar surface area (TPSA) is 20.2 Å². The molecule has 0 fully saturated rings. The van der Waals surface area contributed by atoms with Crippen LogP contribution in [0.3, 0.4) is 0 Å². The van der Waals surface area contributed by atoms with Crippen LogP contribution >= 0.6 is 0 Å². The lowest BCUT2D eigenvalue weighted by molar-refractivity contribution is 0.173. The van der Waals surface area contributed by atoms with Crippen molar-refractivity contribution in [3.63, 3.8) is 0 Å². The predicted molar refractivity (Wildman–Crippen MR) is 46.4 cm³/mol. The molecule has 0 aliphatic rings. The SMILES string of the molecule is CC[C@@H](O)c1ccc(F)c(C)c1. The van der Waals surface area contributed by atoms with Gasteiger partial charge in [0, 0.05) is 0 Å². The molecule has 0 amide bonds. The molecule has 0 radical (unpaired) electrons. The number of rotatable bonds is 2. The highest BCUT2D eigenvalue weighted by Gasteiger charge is 2.05. The number of aliphatic hydroxyl groups is 1. The smallest absolute Gasteiger partial charge is 0.126 e. The first kappa shape index (κ1) is 9.20. The van der Waals surface area contributed by atoms with Crippen LogP contribution in [0.25, 0.3) is 0 Å². The Bertz CT molecular complexity index is 271. The van der Waals surface area contributed by atoms with Gasteiger partial charge in [-0.05, 0) is 30.5 Å². The van der Waals surface area contributed by atoms with Crippen LogP contribution in [0.15, 0.2) is 18.2 Å². The molecule has 0 saturated heterocycles. The Morgan fingerprint density at radius 3 is 2.67 bits per heavy atom. The molecule has 2 heteroatoms. The molecule has 0 saturated carbocycles. The summed E-state index contributed by atoms with van der Waals surface area (Å²) >= 11 is 0. The average molecular weight is 168 g/mol. The van der Waals surface area contributed by atoms with Crippen LogP contribution < -0.4 is 0 Å². The molecule has 0 aromatic heterocycles. The van der Waals surface area contributed by atoms with Gasteiger partial charge in [-0.2, -0.15) is 0 Å². The minimum atomic E-state index is -0.468. The molecule has 1 nitrogen and oxygen atoms in total. The van der Waals surface area contributed by atoms with Gasteiger partial charge in [-0.1, -0.05) is 19.1 Å². The van der Waals surface area contributed by atoms with Crippen molar-refractivity contribution < 1.29 is 9.50 Å². The average Bonchev–Trinajstić information content (AvgIpc) is 2.08. The summed E-state index contributed by atoms with van der Waals surface area (Å²) in [6.45, 7) is 3.59. The van der Waals surface area contributed by atoms with Gasteiger partial charge in [-0.3, -0.25) is 0 Å². The van der Waals surface area contributed by atoms with E-state index in [0.29, 0.717) is 12.0 Å². The minimum absolute atomic E-state index is 0.220. The summed E-state index contributed by atoms with van der Waals surface area (Å²) in [5.74, 6) is -0.220. The molecule has 0 heterocycles. The largest absolute Gasteiger partial charge is 0.388 e. The van der Waals surface area contributed by atoms with E-state index in [9.17, 15) is 9.50 Å². The van der Waals surface area contributed by atoms with Crippen LogP contribution in [0.2, 0.25) is 0 Å². The Balaban J connectivity index is 2.96. The maximum Gasteiger partial charge on any atom is 0.126 e. The summed E-state index contributed by atoms with van der Waals surface area (Å²) < 4.78 is 12.8. The van der Waals surface area contributed by atoms with E-state index in [1.54, 1.807) is 19.1 Å². The van der Waals surface area contributed by atoms with Crippen molar-refractivity contribution in [3.05, 3.63) is 35.1 Å². The van der Waals surface area contributed by atoms with E-state index >= 15 is 0 Å². The molecule has 0 bridgehead atoms. The van der Waals surface area contributed by atoms with Crippen LogP contribution in [-0.4, -0.2) is 5.11 Å². The highest BCUT2D eigenvalue weighted by molar-refractivity contribution is 5.25. The van der Waals surface area contributed by atoms with Gasteiger partial charge in [0.1, 0.15) is 5.82 Å². The van der Waals surface area contributed by atoms with Gasteiger partial charge in [0.15, 0.2) is 0 Å². The van der Waals surface area contributed by atoms with Crippen molar-refractivity contribution >= 4 is 0 Å². The summed E-state index contributed by atoms with van der Waals surface area (Å²) in [7, 11) is 0. The van der Waals surface area contributed by atoms with Crippen LogP contribution in [-0.2, 0) is 0 Å². The Morgan fingerprint density at radius 1 is 1.50 bits per heavy atom. The normalized spacial score (nSPS) is 13.0. The second-order valence-corrected chi connectivity index (χ2v) is 2.93. The Labute approximate surface area is 71.9 Å². The lowest BCUT2D eigenvalue weighted by Crippen LogP contribution is -1.96. The molecule has 12 heavy (non-hydrogen) atoms. The van der Waals surface area contributed by atoms with E-state index < -0.39 is 6.10 Å². The summed E-state index contributed by atoms with van der Waals surface area (Å²) in [4.78, 5) is 0. The van der Waals surface area contributed by atoms with Crippen molar-refractivity contribution in [1.29, 1.82) is 0 Å². The van der Waals surface area contributed by atoms with Crippen molar-refractivity contribution in [3.8, 4) is 0 Å². The van der Waals surface area contributed by atoms with Crippen molar-refractivity contribution in [2.24, 2.45) is 0 Å². The Morgan fingerprint density at radius 2 is 2.17 bits per heavy atom. The highest BCUT2D eigenvalue weighted by atomic mass is 19.1. The number of aliphatic hydroxyl groups excluding tert-OH is 1. The second-order valence-electron chi connectivity index (χ2n) is 2.93. The first-order chi connectivity index (χ1) is 5.65. The molecule has 0 spiro atoms. The van der Waals surface area contributed by atoms with E-state index in [0.717, 1.165) is 5.56 Å². The molecule has 1 aromatic carbocycles. The third-order valence-corrected chi connectivity index (χ3v) is 1.95. The third-order valence-electron chi connectivity index (χ3n) is 1.95. The van der Waals surface area contributed by atoms with E-state index in [2.05, 4.69) is 0 Å². The van der Waals surface area contributed by atoms with Gasteiger partial charge in [0.25, 0.3) is 0 Å². The Kier molecular flexibility index (Phi) is 2.82. The maximum atomic E-state index is 12.8. The fraction of sp³-hybridized carbons (Fsp3) is 0.400. The Hall–Kier alpha value is -0.890. The van der Waals surface area contributed by atoms with Crippen molar-refractivity contribution in [1.82, 2.24) is 0 Å². The van der Waals surface area contributed by atoms with Crippen LogP contribution in [0.1, 0.15) is 30.6 Å². The minimum Gasteiger partial charge on any atom is -0.388 e. The maximum absolute atomic E-state index is 12.8. The lowest BCUT2D eigenvalue weighted by atomic mass is 10.0. The van der Waals surface area contributed by atoms with Gasteiger partial charge < -0.3 is 5.11 Å². The zero-order valence-electron chi connectivity index (χ0n) is 7.34. The standard InChI is InChI=1S/C10H13FO/c1-3-10(12)8-4-5-9(11)7(2)6-8/h4-6,10,12H,3H2,1-2H3/t10-/m1/s1. The molecule has 0 unspecified atom stereocenters. The van der Waals surface area contributed by atoms with Crippen molar-refractivity contribution in [2.75, 3.05) is 0 Å². The monoisotopic (exact) mass is 168 g/mol. The van der Waals surface area contributed by atoms with Crippen LogP contribution in [0.5, 0.6) is 0 Å². The summed E-state index contributed by atoms with van der Waals surface area (Å²) in [6, 6.07) is 4.70. The molecular weight excluding hydrogens is 155 g/mol. The summed E-state index contributed by atoms with van der Waals surface area (Å²) in [5, 5.41) is 9.42. The molecule has 0 aliphatic carbocycles. The summed E-state index contributed by atoms with van der Waals surface area (Å²) in [6.07, 6.45) is 0.190. The van der Waals surface area contributed by atoms with Gasteiger partial charge >= 0.3 is 0 Å². The highest BCUT2D eigenvalue weighted by Crippen LogP contribution is 2.18. The zero-order chi connectivity index (χ0) is 9.14. The van der Waals surface area contributed by atoms with Gasteiger partial charge in [-0.15, -0.1) is 0 Å². The number of hydrogen-bond donors (Lipinski definition) is 1. The fourth-order valence-electron chi connectivity index (χ4n) is 1.11. The zero-order valence-corrected chi connectivity index (χ0v) is 7.34. The molecular formula is C10H13FO. The van der Waals surface area contributed by atoms with Crippen LogP contribution in [0.4, 0.5) is 4.39 Å². The number of hydrogen-bond acceptors (Lipinski definition) is 1. The first-order valence-corrected chi connectivity index (χ1v) is 4.09. The summed E-state index contributed by atoms with van der Waals surface area (Å²) in [5.41, 5.74) is 1.37. The number of aryl methyl sites for hydroxylation is 1. The molecule has 66 valence electrons. The van der Waals surface area contributed by atoms with E-state index in [4.69, 9.17) is 0 Å². The molecule has 1 N–H and O–H groups in total. The third kappa shape index (κ3) is 1.83. The van der Waals surface area contributed by atoms with Gasteiger partial charge in [0.05, 0.1) is 6.10 Å². The first-order valence-electron chi connectivity index (χ1n) is 4.09. The molecule has 1 rings (SSSR count). The quantitative estimate of drug-likeness (QED) is 0.719. The lowest BCUT2D eigenvalue weighted by Gasteiger charge is -2.08. The molecule has 1 aromatic rings. The second kappa shape index (κ2) is 3.68. The van der Waals surface area contributed by atoms with E-state index in [-0.39, 0.29) is 5.82 Å². The molecule has 1 atom stereocenters. The molecule has 0 aliphatic heterocycles. The fourth-order valence-corrected chi connectivity index (χ4v) is 1.11. The van der Waals surface area contributed by atoms with Crippen molar-refractivity contribution in [2.45, 2.75) is 26.4 Å².